The van der Waals surface area contributed by atoms with Gasteiger partial charge in [0.05, 0.1) is 23.4 Å². The molecule has 1 heterocycles. The van der Waals surface area contributed by atoms with E-state index in [2.05, 4.69) is 10.4 Å². The average molecular weight is 353 g/mol. The SMILES string of the molecule is COCc1ccc(C(=O)Nc2c(SC)cnn2-c2ccccc2)cc1. The largest absolute Gasteiger partial charge is 0.380 e. The number of benzene rings is 2. The number of methoxy groups -OCH3 is 1. The number of hydrogen-bond donors (Lipinski definition) is 1. The van der Waals surface area contributed by atoms with E-state index in [4.69, 9.17) is 4.74 Å². The van der Waals surface area contributed by atoms with Crippen LogP contribution in [0.2, 0.25) is 0 Å². The molecule has 0 aliphatic carbocycles. The zero-order valence-electron chi connectivity index (χ0n) is 14.1. The van der Waals surface area contributed by atoms with Crippen molar-refractivity contribution in [2.45, 2.75) is 11.5 Å². The maximum absolute atomic E-state index is 12.6. The van der Waals surface area contributed by atoms with Crippen molar-refractivity contribution in [3.63, 3.8) is 0 Å². The topological polar surface area (TPSA) is 56.1 Å². The highest BCUT2D eigenvalue weighted by Gasteiger charge is 2.15. The van der Waals surface area contributed by atoms with Gasteiger partial charge < -0.3 is 10.1 Å². The molecule has 0 radical (unpaired) electrons. The van der Waals surface area contributed by atoms with E-state index in [0.717, 1.165) is 16.1 Å². The van der Waals surface area contributed by atoms with E-state index in [0.29, 0.717) is 18.0 Å². The second-order valence-corrected chi connectivity index (χ2v) is 6.24. The molecule has 0 aliphatic rings. The lowest BCUT2D eigenvalue weighted by molar-refractivity contribution is 0.102. The number of nitrogens with zero attached hydrogens (tertiary/aromatic N) is 2. The van der Waals surface area contributed by atoms with Crippen LogP contribution in [0.25, 0.3) is 5.69 Å². The Kier molecular flexibility index (Phi) is 5.53. The number of para-hydroxylation sites is 1. The minimum atomic E-state index is -0.169. The van der Waals surface area contributed by atoms with E-state index < -0.39 is 0 Å². The molecule has 0 fully saturated rings. The second kappa shape index (κ2) is 8.00. The smallest absolute Gasteiger partial charge is 0.256 e. The summed E-state index contributed by atoms with van der Waals surface area (Å²) in [5, 5.41) is 7.39. The Balaban J connectivity index is 1.86. The van der Waals surface area contributed by atoms with Crippen molar-refractivity contribution in [2.75, 3.05) is 18.7 Å². The summed E-state index contributed by atoms with van der Waals surface area (Å²) in [6.45, 7) is 0.527. The lowest BCUT2D eigenvalue weighted by atomic mass is 10.1. The van der Waals surface area contributed by atoms with Gasteiger partial charge in [-0.3, -0.25) is 4.79 Å². The Labute approximate surface area is 151 Å². The molecule has 0 atom stereocenters. The minimum absolute atomic E-state index is 0.169. The molecule has 1 aromatic heterocycles. The molecule has 2 aromatic carbocycles. The third-order valence-electron chi connectivity index (χ3n) is 3.72. The predicted octanol–water partition coefficient (Wildman–Crippen LogP) is 3.99. The molecule has 3 rings (SSSR count). The van der Waals surface area contributed by atoms with Crippen LogP contribution in [-0.2, 0) is 11.3 Å². The van der Waals surface area contributed by atoms with Gasteiger partial charge in [-0.05, 0) is 36.1 Å². The van der Waals surface area contributed by atoms with Crippen LogP contribution in [0.5, 0.6) is 0 Å². The first-order valence-electron chi connectivity index (χ1n) is 7.79. The molecule has 6 heteroatoms. The maximum Gasteiger partial charge on any atom is 0.256 e. The van der Waals surface area contributed by atoms with Crippen LogP contribution in [0.4, 0.5) is 5.82 Å². The van der Waals surface area contributed by atoms with Gasteiger partial charge in [-0.1, -0.05) is 30.3 Å². The number of hydrogen-bond acceptors (Lipinski definition) is 4. The molecule has 0 saturated carbocycles. The molecule has 3 aromatic rings. The highest BCUT2D eigenvalue weighted by atomic mass is 32.2. The van der Waals surface area contributed by atoms with Gasteiger partial charge in [0.15, 0.2) is 0 Å². The first-order chi connectivity index (χ1) is 12.2. The van der Waals surface area contributed by atoms with Crippen molar-refractivity contribution < 1.29 is 9.53 Å². The summed E-state index contributed by atoms with van der Waals surface area (Å²) < 4.78 is 6.83. The molecular weight excluding hydrogens is 334 g/mol. The van der Waals surface area contributed by atoms with Crippen molar-refractivity contribution in [3.05, 3.63) is 71.9 Å². The lowest BCUT2D eigenvalue weighted by Crippen LogP contribution is -2.15. The van der Waals surface area contributed by atoms with Crippen molar-refractivity contribution in [1.29, 1.82) is 0 Å². The van der Waals surface area contributed by atoms with Crippen LogP contribution in [0.15, 0.2) is 65.7 Å². The van der Waals surface area contributed by atoms with Gasteiger partial charge in [0.1, 0.15) is 5.82 Å². The minimum Gasteiger partial charge on any atom is -0.380 e. The Morgan fingerprint density at radius 2 is 1.88 bits per heavy atom. The Morgan fingerprint density at radius 3 is 2.52 bits per heavy atom. The quantitative estimate of drug-likeness (QED) is 0.681. The van der Waals surface area contributed by atoms with Gasteiger partial charge in [-0.2, -0.15) is 5.10 Å². The second-order valence-electron chi connectivity index (χ2n) is 5.39. The average Bonchev–Trinajstić information content (AvgIpc) is 3.06. The molecule has 25 heavy (non-hydrogen) atoms. The summed E-state index contributed by atoms with van der Waals surface area (Å²) in [7, 11) is 1.65. The van der Waals surface area contributed by atoms with E-state index in [9.17, 15) is 4.79 Å². The highest BCUT2D eigenvalue weighted by molar-refractivity contribution is 7.98. The summed E-state index contributed by atoms with van der Waals surface area (Å²) in [6.07, 6.45) is 3.72. The molecule has 128 valence electrons. The molecule has 0 saturated heterocycles. The van der Waals surface area contributed by atoms with Crippen molar-refractivity contribution >= 4 is 23.5 Å². The van der Waals surface area contributed by atoms with E-state index in [1.807, 2.05) is 48.7 Å². The number of ether oxygens (including phenoxy) is 1. The summed E-state index contributed by atoms with van der Waals surface area (Å²) in [5.74, 6) is 0.501. The van der Waals surface area contributed by atoms with E-state index >= 15 is 0 Å². The third kappa shape index (κ3) is 3.92. The van der Waals surface area contributed by atoms with Gasteiger partial charge in [0, 0.05) is 12.7 Å². The first kappa shape index (κ1) is 17.3. The fourth-order valence-corrected chi connectivity index (χ4v) is 2.94. The zero-order valence-corrected chi connectivity index (χ0v) is 14.9. The van der Waals surface area contributed by atoms with Crippen LogP contribution in [0.1, 0.15) is 15.9 Å². The standard InChI is InChI=1S/C19H19N3O2S/c1-24-13-14-8-10-15(11-9-14)19(23)21-18-17(25-2)12-20-22(18)16-6-4-3-5-7-16/h3-12H,13H2,1-2H3,(H,21,23). The normalized spacial score (nSPS) is 10.6. The number of anilines is 1. The molecule has 1 N–H and O–H groups in total. The Bertz CT molecular complexity index is 845. The van der Waals surface area contributed by atoms with Crippen LogP contribution in [0.3, 0.4) is 0 Å². The van der Waals surface area contributed by atoms with Crippen LogP contribution in [0, 0.1) is 0 Å². The number of amides is 1. The van der Waals surface area contributed by atoms with Crippen LogP contribution < -0.4 is 5.32 Å². The molecule has 0 spiro atoms. The lowest BCUT2D eigenvalue weighted by Gasteiger charge is -2.11. The molecular formula is C19H19N3O2S. The first-order valence-corrected chi connectivity index (χ1v) is 9.02. The highest BCUT2D eigenvalue weighted by Crippen LogP contribution is 2.28. The molecule has 0 aliphatic heterocycles. The van der Waals surface area contributed by atoms with E-state index in [1.54, 1.807) is 41.9 Å². The molecule has 0 bridgehead atoms. The van der Waals surface area contributed by atoms with Gasteiger partial charge in [0.25, 0.3) is 5.91 Å². The van der Waals surface area contributed by atoms with Crippen LogP contribution in [-0.4, -0.2) is 29.1 Å². The van der Waals surface area contributed by atoms with Crippen molar-refractivity contribution in [1.82, 2.24) is 9.78 Å². The fraction of sp³-hybridized carbons (Fsp3) is 0.158. The summed E-state index contributed by atoms with van der Waals surface area (Å²) in [5.41, 5.74) is 2.51. The number of carbonyl (C=O) groups is 1. The van der Waals surface area contributed by atoms with Gasteiger partial charge in [0.2, 0.25) is 0 Å². The molecule has 1 amide bonds. The predicted molar refractivity (Wildman–Crippen MR) is 100 cm³/mol. The Morgan fingerprint density at radius 1 is 1.16 bits per heavy atom. The number of rotatable bonds is 6. The third-order valence-corrected chi connectivity index (χ3v) is 4.45. The monoisotopic (exact) mass is 353 g/mol. The fourth-order valence-electron chi connectivity index (χ4n) is 2.46. The Hall–Kier alpha value is -2.57. The number of carbonyl (C=O) groups excluding carboxylic acids is 1. The zero-order chi connectivity index (χ0) is 17.6. The van der Waals surface area contributed by atoms with E-state index in [1.165, 1.54) is 0 Å². The van der Waals surface area contributed by atoms with Gasteiger partial charge in [-0.15, -0.1) is 11.8 Å². The summed E-state index contributed by atoms with van der Waals surface area (Å²) in [4.78, 5) is 13.6. The summed E-state index contributed by atoms with van der Waals surface area (Å²) >= 11 is 1.54. The number of aromatic nitrogens is 2. The van der Waals surface area contributed by atoms with Gasteiger partial charge >= 0.3 is 0 Å². The van der Waals surface area contributed by atoms with Crippen LogP contribution >= 0.6 is 11.8 Å². The van der Waals surface area contributed by atoms with E-state index in [-0.39, 0.29) is 5.91 Å². The summed E-state index contributed by atoms with van der Waals surface area (Å²) in [6, 6.07) is 17.1. The maximum atomic E-state index is 12.6. The number of nitrogens with one attached hydrogen (secondary N) is 1. The number of thioether (sulfide) groups is 1. The van der Waals surface area contributed by atoms with Gasteiger partial charge in [-0.25, -0.2) is 4.68 Å². The van der Waals surface area contributed by atoms with Crippen molar-refractivity contribution in [3.8, 4) is 5.69 Å². The van der Waals surface area contributed by atoms with Crippen molar-refractivity contribution in [2.24, 2.45) is 0 Å². The molecule has 5 nitrogen and oxygen atoms in total. The molecule has 0 unspecified atom stereocenters.